The third kappa shape index (κ3) is 3.17. The summed E-state index contributed by atoms with van der Waals surface area (Å²) >= 11 is 0. The van der Waals surface area contributed by atoms with Gasteiger partial charge in [-0.25, -0.2) is 0 Å². The Morgan fingerprint density at radius 3 is 2.46 bits per heavy atom. The summed E-state index contributed by atoms with van der Waals surface area (Å²) in [6, 6.07) is 14.3. The zero-order valence-electron chi connectivity index (χ0n) is 13.0. The average Bonchev–Trinajstić information content (AvgIpc) is 2.58. The predicted octanol–water partition coefficient (Wildman–Crippen LogP) is 2.70. The molecule has 0 bridgehead atoms. The van der Waals surface area contributed by atoms with Gasteiger partial charge >= 0.3 is 11.8 Å². The number of nitrogen functional groups attached to an aromatic ring is 1. The van der Waals surface area contributed by atoms with Gasteiger partial charge < -0.3 is 16.4 Å². The molecule has 2 aromatic carbocycles. The number of nitrogens with one attached hydrogen (secondary N) is 2. The molecule has 6 heteroatoms. The fraction of sp³-hybridized carbons (Fsp3) is 0.0556. The van der Waals surface area contributed by atoms with Gasteiger partial charge in [0.15, 0.2) is 0 Å². The van der Waals surface area contributed by atoms with Gasteiger partial charge in [-0.2, -0.15) is 0 Å². The zero-order chi connectivity index (χ0) is 17.1. The smallest absolute Gasteiger partial charge is 0.314 e. The highest BCUT2D eigenvalue weighted by Gasteiger charge is 2.16. The fourth-order valence-electron chi connectivity index (χ4n) is 2.34. The van der Waals surface area contributed by atoms with Gasteiger partial charge in [0.25, 0.3) is 0 Å². The molecule has 3 rings (SSSR count). The maximum Gasteiger partial charge on any atom is 0.314 e. The summed E-state index contributed by atoms with van der Waals surface area (Å²) in [6.45, 7) is 1.87. The molecule has 0 aliphatic heterocycles. The second-order valence-corrected chi connectivity index (χ2v) is 5.38. The van der Waals surface area contributed by atoms with E-state index in [9.17, 15) is 9.59 Å². The maximum absolute atomic E-state index is 12.2. The van der Waals surface area contributed by atoms with Crippen molar-refractivity contribution in [3.05, 3.63) is 60.3 Å². The Bertz CT molecular complexity index is 932. The molecule has 0 fully saturated rings. The summed E-state index contributed by atoms with van der Waals surface area (Å²) in [5, 5.41) is 5.98. The molecule has 2 amide bonds. The van der Waals surface area contributed by atoms with Crippen LogP contribution in [-0.2, 0) is 9.59 Å². The normalized spacial score (nSPS) is 10.4. The fourth-order valence-corrected chi connectivity index (χ4v) is 2.34. The Hall–Kier alpha value is -3.41. The highest BCUT2D eigenvalue weighted by molar-refractivity contribution is 6.44. The first-order valence-corrected chi connectivity index (χ1v) is 7.37. The van der Waals surface area contributed by atoms with Gasteiger partial charge in [0, 0.05) is 11.6 Å². The van der Waals surface area contributed by atoms with Gasteiger partial charge in [-0.15, -0.1) is 0 Å². The molecule has 0 saturated carbocycles. The Kier molecular flexibility index (Phi) is 4.11. The molecule has 24 heavy (non-hydrogen) atoms. The highest BCUT2D eigenvalue weighted by Crippen LogP contribution is 2.22. The number of anilines is 3. The molecule has 3 aromatic rings. The van der Waals surface area contributed by atoms with E-state index in [0.29, 0.717) is 22.6 Å². The molecule has 1 aromatic heterocycles. The molecular formula is C18H16N4O2. The van der Waals surface area contributed by atoms with Crippen LogP contribution in [-0.4, -0.2) is 16.8 Å². The lowest BCUT2D eigenvalue weighted by Gasteiger charge is -2.10. The lowest BCUT2D eigenvalue weighted by Crippen LogP contribution is -2.29. The molecule has 0 radical (unpaired) electrons. The molecule has 4 N–H and O–H groups in total. The van der Waals surface area contributed by atoms with Crippen molar-refractivity contribution in [2.75, 3.05) is 16.4 Å². The molecule has 0 spiro atoms. The first kappa shape index (κ1) is 15.5. The minimum Gasteiger partial charge on any atom is -0.397 e. The SMILES string of the molecule is Cc1ccc(N)c(NC(=O)C(=O)Nc2cccc3cccnc23)c1. The summed E-state index contributed by atoms with van der Waals surface area (Å²) in [5.74, 6) is -1.57. The number of amides is 2. The lowest BCUT2D eigenvalue weighted by atomic mass is 10.2. The van der Waals surface area contributed by atoms with Gasteiger partial charge in [-0.05, 0) is 36.8 Å². The van der Waals surface area contributed by atoms with Crippen LogP contribution in [0.5, 0.6) is 0 Å². The van der Waals surface area contributed by atoms with Crippen molar-refractivity contribution < 1.29 is 9.59 Å². The van der Waals surface area contributed by atoms with E-state index in [1.807, 2.05) is 25.1 Å². The number of rotatable bonds is 2. The van der Waals surface area contributed by atoms with E-state index in [1.54, 1.807) is 36.5 Å². The van der Waals surface area contributed by atoms with Gasteiger partial charge in [-0.1, -0.05) is 24.3 Å². The quantitative estimate of drug-likeness (QED) is 0.499. The number of benzene rings is 2. The Balaban J connectivity index is 1.79. The number of hydrogen-bond donors (Lipinski definition) is 3. The van der Waals surface area contributed by atoms with Crippen LogP contribution in [0.15, 0.2) is 54.7 Å². The molecule has 1 heterocycles. The van der Waals surface area contributed by atoms with Crippen molar-refractivity contribution >= 4 is 39.8 Å². The van der Waals surface area contributed by atoms with E-state index in [2.05, 4.69) is 15.6 Å². The second-order valence-electron chi connectivity index (χ2n) is 5.38. The number of aryl methyl sites for hydroxylation is 1. The van der Waals surface area contributed by atoms with Gasteiger partial charge in [-0.3, -0.25) is 14.6 Å². The summed E-state index contributed by atoms with van der Waals surface area (Å²) in [4.78, 5) is 28.5. The molecule has 6 nitrogen and oxygen atoms in total. The van der Waals surface area contributed by atoms with Crippen molar-refractivity contribution in [1.82, 2.24) is 4.98 Å². The van der Waals surface area contributed by atoms with Crippen molar-refractivity contribution in [1.29, 1.82) is 0 Å². The molecular weight excluding hydrogens is 304 g/mol. The standard InChI is InChI=1S/C18H16N4O2/c1-11-7-8-13(19)15(10-11)22-18(24)17(23)21-14-6-2-4-12-5-3-9-20-16(12)14/h2-10H,19H2,1H3,(H,21,23)(H,22,24). The number of para-hydroxylation sites is 1. The summed E-state index contributed by atoms with van der Waals surface area (Å²) in [5.41, 5.74) is 8.64. The van der Waals surface area contributed by atoms with E-state index >= 15 is 0 Å². The van der Waals surface area contributed by atoms with Crippen LogP contribution in [0.4, 0.5) is 17.1 Å². The van der Waals surface area contributed by atoms with Crippen LogP contribution in [0.25, 0.3) is 10.9 Å². The van der Waals surface area contributed by atoms with Crippen molar-refractivity contribution in [3.8, 4) is 0 Å². The molecule has 0 aliphatic carbocycles. The largest absolute Gasteiger partial charge is 0.397 e. The molecule has 0 unspecified atom stereocenters. The van der Waals surface area contributed by atoms with Crippen LogP contribution >= 0.6 is 0 Å². The highest BCUT2D eigenvalue weighted by atomic mass is 16.2. The van der Waals surface area contributed by atoms with Gasteiger partial charge in [0.05, 0.1) is 22.6 Å². The zero-order valence-corrected chi connectivity index (χ0v) is 13.0. The van der Waals surface area contributed by atoms with Crippen LogP contribution in [0.1, 0.15) is 5.56 Å². The van der Waals surface area contributed by atoms with E-state index in [1.165, 1.54) is 0 Å². The minimum atomic E-state index is -0.791. The second kappa shape index (κ2) is 6.37. The van der Waals surface area contributed by atoms with E-state index in [-0.39, 0.29) is 0 Å². The Labute approximate surface area is 138 Å². The van der Waals surface area contributed by atoms with E-state index in [4.69, 9.17) is 5.73 Å². The number of carbonyl (C=O) groups excluding carboxylic acids is 2. The van der Waals surface area contributed by atoms with Crippen molar-refractivity contribution in [2.45, 2.75) is 6.92 Å². The third-order valence-electron chi connectivity index (χ3n) is 3.54. The number of nitrogens with zero attached hydrogens (tertiary/aromatic N) is 1. The first-order valence-electron chi connectivity index (χ1n) is 7.37. The molecule has 0 aliphatic rings. The average molecular weight is 320 g/mol. The predicted molar refractivity (Wildman–Crippen MR) is 94.6 cm³/mol. The molecule has 0 atom stereocenters. The van der Waals surface area contributed by atoms with Gasteiger partial charge in [0.1, 0.15) is 0 Å². The topological polar surface area (TPSA) is 97.1 Å². The van der Waals surface area contributed by atoms with Crippen molar-refractivity contribution in [3.63, 3.8) is 0 Å². The minimum absolute atomic E-state index is 0.397. The number of aromatic nitrogens is 1. The maximum atomic E-state index is 12.2. The Morgan fingerprint density at radius 1 is 0.958 bits per heavy atom. The number of pyridine rings is 1. The number of fused-ring (bicyclic) bond motifs is 1. The lowest BCUT2D eigenvalue weighted by molar-refractivity contribution is -0.132. The summed E-state index contributed by atoms with van der Waals surface area (Å²) in [7, 11) is 0. The number of hydrogen-bond acceptors (Lipinski definition) is 4. The molecule has 0 saturated heterocycles. The number of nitrogens with two attached hydrogens (primary N) is 1. The van der Waals surface area contributed by atoms with Crippen LogP contribution < -0.4 is 16.4 Å². The van der Waals surface area contributed by atoms with Crippen molar-refractivity contribution in [2.24, 2.45) is 0 Å². The Morgan fingerprint density at radius 2 is 1.67 bits per heavy atom. The van der Waals surface area contributed by atoms with E-state index in [0.717, 1.165) is 10.9 Å². The third-order valence-corrected chi connectivity index (χ3v) is 3.54. The van der Waals surface area contributed by atoms with Crippen LogP contribution in [0.2, 0.25) is 0 Å². The monoisotopic (exact) mass is 320 g/mol. The summed E-state index contributed by atoms with van der Waals surface area (Å²) in [6.07, 6.45) is 1.63. The summed E-state index contributed by atoms with van der Waals surface area (Å²) < 4.78 is 0. The number of carbonyl (C=O) groups is 2. The van der Waals surface area contributed by atoms with Crippen LogP contribution in [0.3, 0.4) is 0 Å². The van der Waals surface area contributed by atoms with Gasteiger partial charge in [0.2, 0.25) is 0 Å². The molecule has 120 valence electrons. The first-order chi connectivity index (χ1) is 11.5. The van der Waals surface area contributed by atoms with E-state index < -0.39 is 11.8 Å². The van der Waals surface area contributed by atoms with Crippen LogP contribution in [0, 0.1) is 6.92 Å².